The molecular formula is C19H21N5O2. The first-order chi connectivity index (χ1) is 12.5. The van der Waals surface area contributed by atoms with Gasteiger partial charge in [-0.3, -0.25) is 0 Å². The molecule has 0 amide bonds. The zero-order valence-corrected chi connectivity index (χ0v) is 14.7. The van der Waals surface area contributed by atoms with E-state index in [0.29, 0.717) is 27.3 Å². The largest absolute Gasteiger partial charge is 0.619 e. The molecule has 1 aromatic heterocycles. The highest BCUT2D eigenvalue weighted by Gasteiger charge is 2.16. The van der Waals surface area contributed by atoms with Gasteiger partial charge in [0.15, 0.2) is 5.82 Å². The molecule has 0 bridgehead atoms. The van der Waals surface area contributed by atoms with Crippen LogP contribution in [-0.4, -0.2) is 64.5 Å². The Labute approximate surface area is 151 Å². The molecule has 1 aliphatic rings. The number of hydrogen-bond donors (Lipinski definition) is 1. The molecule has 7 nitrogen and oxygen atoms in total. The van der Waals surface area contributed by atoms with E-state index >= 15 is 0 Å². The molecule has 3 aromatic rings. The number of imidazole rings is 1. The van der Waals surface area contributed by atoms with Crippen LogP contribution in [0.4, 0.5) is 11.4 Å². The summed E-state index contributed by atoms with van der Waals surface area (Å²) in [7, 11) is 2.14. The summed E-state index contributed by atoms with van der Waals surface area (Å²) in [6, 6.07) is 12.9. The van der Waals surface area contributed by atoms with E-state index in [1.165, 1.54) is 5.69 Å². The fraction of sp³-hybridized carbons (Fsp3) is 0.263. The van der Waals surface area contributed by atoms with Gasteiger partial charge in [0.1, 0.15) is 12.2 Å². The maximum Gasteiger partial charge on any atom is 0.218 e. The third-order valence-corrected chi connectivity index (χ3v) is 4.90. The van der Waals surface area contributed by atoms with Gasteiger partial charge in [0.05, 0.1) is 5.52 Å². The number of likely N-dealkylation sites (N-methyl/N-ethyl adjacent to an activating group) is 1. The predicted octanol–water partition coefficient (Wildman–Crippen LogP) is 2.53. The van der Waals surface area contributed by atoms with Gasteiger partial charge in [-0.25, -0.2) is 4.98 Å². The van der Waals surface area contributed by atoms with Crippen LogP contribution in [0.15, 0.2) is 42.5 Å². The monoisotopic (exact) mass is 351 g/mol. The molecule has 1 N–H and O–H groups in total. The first-order valence-electron chi connectivity index (χ1n) is 8.56. The summed E-state index contributed by atoms with van der Waals surface area (Å²) in [6.07, 6.45) is 0. The van der Waals surface area contributed by atoms with Gasteiger partial charge in [-0.2, -0.15) is 9.47 Å². The van der Waals surface area contributed by atoms with Crippen molar-refractivity contribution in [3.8, 4) is 11.4 Å². The third-order valence-electron chi connectivity index (χ3n) is 4.90. The molecule has 1 aliphatic heterocycles. The topological polar surface area (TPSA) is 70.6 Å². The van der Waals surface area contributed by atoms with Crippen LogP contribution in [-0.2, 0) is 0 Å². The van der Waals surface area contributed by atoms with Crippen LogP contribution in [0.3, 0.4) is 0 Å². The summed E-state index contributed by atoms with van der Waals surface area (Å²) in [5.41, 5.74) is 3.45. The highest BCUT2D eigenvalue weighted by atomic mass is 16.5. The molecule has 26 heavy (non-hydrogen) atoms. The van der Waals surface area contributed by atoms with Gasteiger partial charge in [0.2, 0.25) is 5.69 Å². The Bertz CT molecular complexity index is 956. The van der Waals surface area contributed by atoms with Gasteiger partial charge < -0.3 is 20.2 Å². The Morgan fingerprint density at radius 3 is 2.42 bits per heavy atom. The van der Waals surface area contributed by atoms with E-state index < -0.39 is 0 Å². The van der Waals surface area contributed by atoms with E-state index in [9.17, 15) is 10.4 Å². The maximum atomic E-state index is 11.4. The number of anilines is 1. The van der Waals surface area contributed by atoms with Crippen LogP contribution >= 0.6 is 0 Å². The number of aromatic nitrogens is 2. The quantitative estimate of drug-likeness (QED) is 0.258. The third kappa shape index (κ3) is 2.86. The Kier molecular flexibility index (Phi) is 4.00. The van der Waals surface area contributed by atoms with Crippen molar-refractivity contribution in [2.45, 2.75) is 0 Å². The van der Waals surface area contributed by atoms with Crippen LogP contribution in [0.25, 0.3) is 22.4 Å². The highest BCUT2D eigenvalue weighted by molar-refractivity contribution is 5.82. The van der Waals surface area contributed by atoms with Crippen LogP contribution < -0.4 is 4.90 Å². The molecule has 0 aliphatic carbocycles. The van der Waals surface area contributed by atoms with E-state index in [4.69, 9.17) is 0 Å². The second-order valence-electron chi connectivity index (χ2n) is 6.64. The molecule has 0 atom stereocenters. The summed E-state index contributed by atoms with van der Waals surface area (Å²) in [4.78, 5) is 9.16. The van der Waals surface area contributed by atoms with Crippen molar-refractivity contribution in [2.75, 3.05) is 38.1 Å². The normalized spacial score (nSPS) is 15.5. The number of benzene rings is 2. The van der Waals surface area contributed by atoms with Crippen molar-refractivity contribution in [3.05, 3.63) is 47.7 Å². The number of hydrogen-bond acceptors (Lipinski definition) is 5. The molecule has 2 heterocycles. The highest BCUT2D eigenvalue weighted by Crippen LogP contribution is 2.28. The molecular weight excluding hydrogens is 330 g/mol. The molecule has 1 saturated heterocycles. The summed E-state index contributed by atoms with van der Waals surface area (Å²) >= 11 is 0. The average molecular weight is 351 g/mol. The number of piperazine rings is 1. The lowest BCUT2D eigenvalue weighted by Gasteiger charge is -2.34. The van der Waals surface area contributed by atoms with E-state index in [1.807, 2.05) is 12.1 Å². The fourth-order valence-corrected chi connectivity index (χ4v) is 3.28. The second-order valence-corrected chi connectivity index (χ2v) is 6.64. The minimum Gasteiger partial charge on any atom is -0.619 e. The van der Waals surface area contributed by atoms with E-state index in [1.54, 1.807) is 18.2 Å². The average Bonchev–Trinajstić information content (AvgIpc) is 2.99. The summed E-state index contributed by atoms with van der Waals surface area (Å²) in [5.74, 6) is 0.448. The van der Waals surface area contributed by atoms with E-state index in [-0.39, 0.29) is 0 Å². The van der Waals surface area contributed by atoms with Crippen molar-refractivity contribution in [2.24, 2.45) is 0 Å². The van der Waals surface area contributed by atoms with E-state index in [2.05, 4.69) is 40.7 Å². The fourth-order valence-electron chi connectivity index (χ4n) is 3.28. The van der Waals surface area contributed by atoms with Crippen LogP contribution in [0.2, 0.25) is 0 Å². The maximum absolute atomic E-state index is 11.4. The molecule has 0 unspecified atom stereocenters. The molecule has 0 saturated carbocycles. The molecule has 134 valence electrons. The molecule has 7 heteroatoms. The van der Waals surface area contributed by atoms with E-state index in [0.717, 1.165) is 36.5 Å². The standard InChI is InChI=1S/C19H21N5O2/c1-21-9-11-23(12-10-21)15-5-3-14(4-6-15)19-20-17-8-7-16(22(2)25)13-18(17)24(19)26/h3-8,13,26H,2,9-12H2,1H3. The first kappa shape index (κ1) is 16.4. The summed E-state index contributed by atoms with van der Waals surface area (Å²) in [6.45, 7) is 7.45. The SMILES string of the molecule is C=[N+]([O-])c1ccc2nc(-c3ccc(N4CCN(C)CC4)cc3)n(O)c2c1. The van der Waals surface area contributed by atoms with Crippen molar-refractivity contribution in [1.82, 2.24) is 14.6 Å². The lowest BCUT2D eigenvalue weighted by atomic mass is 10.1. The van der Waals surface area contributed by atoms with Crippen LogP contribution in [0, 0.1) is 5.21 Å². The molecule has 1 fully saturated rings. The van der Waals surface area contributed by atoms with Gasteiger partial charge in [-0.15, -0.1) is 0 Å². The zero-order chi connectivity index (χ0) is 18.3. The Hall–Kier alpha value is -3.06. The zero-order valence-electron chi connectivity index (χ0n) is 14.7. The van der Waals surface area contributed by atoms with Crippen molar-refractivity contribution >= 4 is 29.1 Å². The van der Waals surface area contributed by atoms with Crippen LogP contribution in [0.1, 0.15) is 0 Å². The lowest BCUT2D eigenvalue weighted by molar-refractivity contribution is -0.349. The Morgan fingerprint density at radius 1 is 1.08 bits per heavy atom. The van der Waals surface area contributed by atoms with Crippen molar-refractivity contribution in [1.29, 1.82) is 0 Å². The second kappa shape index (κ2) is 6.34. The first-order valence-corrected chi connectivity index (χ1v) is 8.56. The molecule has 4 rings (SSSR count). The minimum atomic E-state index is 0.365. The van der Waals surface area contributed by atoms with Crippen molar-refractivity contribution < 1.29 is 9.95 Å². The van der Waals surface area contributed by atoms with Crippen LogP contribution in [0.5, 0.6) is 0 Å². The summed E-state index contributed by atoms with van der Waals surface area (Å²) in [5, 5.41) is 21.9. The number of rotatable bonds is 3. The van der Waals surface area contributed by atoms with Gasteiger partial charge in [-0.05, 0) is 37.4 Å². The van der Waals surface area contributed by atoms with Gasteiger partial charge in [0.25, 0.3) is 0 Å². The minimum absolute atomic E-state index is 0.365. The molecule has 0 radical (unpaired) electrons. The predicted molar refractivity (Wildman–Crippen MR) is 102 cm³/mol. The van der Waals surface area contributed by atoms with Gasteiger partial charge in [0, 0.05) is 49.6 Å². The molecule has 2 aromatic carbocycles. The van der Waals surface area contributed by atoms with Crippen molar-refractivity contribution in [3.63, 3.8) is 0 Å². The number of nitrogens with zero attached hydrogens (tertiary/aromatic N) is 5. The summed E-state index contributed by atoms with van der Waals surface area (Å²) < 4.78 is 1.53. The molecule has 0 spiro atoms. The Balaban J connectivity index is 1.65. The van der Waals surface area contributed by atoms with Gasteiger partial charge in [-0.1, -0.05) is 0 Å². The number of fused-ring (bicyclic) bond motifs is 1. The smallest absolute Gasteiger partial charge is 0.218 e. The Morgan fingerprint density at radius 2 is 1.77 bits per heavy atom. The van der Waals surface area contributed by atoms with Gasteiger partial charge >= 0.3 is 0 Å². The lowest BCUT2D eigenvalue weighted by Crippen LogP contribution is -2.44.